The predicted molar refractivity (Wildman–Crippen MR) is 62.9 cm³/mol. The second-order valence-corrected chi connectivity index (χ2v) is 5.36. The molecule has 0 spiro atoms. The van der Waals surface area contributed by atoms with E-state index in [4.69, 9.17) is 14.5 Å². The van der Waals surface area contributed by atoms with Gasteiger partial charge in [0, 0.05) is 6.54 Å². The van der Waals surface area contributed by atoms with Crippen molar-refractivity contribution in [2.75, 3.05) is 13.0 Å². The third-order valence-corrected chi connectivity index (χ3v) is 2.84. The molecule has 0 aliphatic heterocycles. The quantitative estimate of drug-likeness (QED) is 0.594. The van der Waals surface area contributed by atoms with Gasteiger partial charge in [-0.25, -0.2) is 15.0 Å². The van der Waals surface area contributed by atoms with Gasteiger partial charge in [-0.1, -0.05) is 0 Å². The van der Waals surface area contributed by atoms with E-state index >= 15 is 0 Å². The molecule has 0 saturated carbocycles. The molecule has 0 saturated heterocycles. The smallest absolute Gasteiger partial charge is 0.350 e. The fraction of sp³-hybridized carbons (Fsp3) is 0.444. The maximum atomic E-state index is 10.6. The van der Waals surface area contributed by atoms with Crippen LogP contribution in [0.5, 0.6) is 0 Å². The minimum absolute atomic E-state index is 0.180. The van der Waals surface area contributed by atoms with Crippen LogP contribution < -0.4 is 0 Å². The van der Waals surface area contributed by atoms with Gasteiger partial charge in [0.25, 0.3) is 0 Å². The molecule has 0 fully saturated rings. The van der Waals surface area contributed by atoms with Crippen molar-refractivity contribution in [3.63, 3.8) is 0 Å². The first-order valence-electron chi connectivity index (χ1n) is 5.22. The third kappa shape index (κ3) is 3.11. The maximum Gasteiger partial charge on any atom is 0.350 e. The van der Waals surface area contributed by atoms with Crippen LogP contribution in [0.2, 0.25) is 0 Å². The van der Waals surface area contributed by atoms with Crippen LogP contribution in [0.1, 0.15) is 5.69 Å². The fourth-order valence-corrected chi connectivity index (χ4v) is 1.87. The van der Waals surface area contributed by atoms with E-state index in [2.05, 4.69) is 15.0 Å². The Labute approximate surface area is 103 Å². The van der Waals surface area contributed by atoms with E-state index in [1.165, 1.54) is 6.33 Å². The number of hydrogen-bond acceptors (Lipinski definition) is 5. The van der Waals surface area contributed by atoms with E-state index in [9.17, 15) is 4.57 Å². The highest BCUT2D eigenvalue weighted by molar-refractivity contribution is 7.51. The van der Waals surface area contributed by atoms with Gasteiger partial charge in [-0.2, -0.15) is 0 Å². The molecule has 8 nitrogen and oxygen atoms in total. The van der Waals surface area contributed by atoms with Crippen molar-refractivity contribution >= 4 is 18.8 Å². The van der Waals surface area contributed by atoms with Crippen molar-refractivity contribution in [2.45, 2.75) is 13.5 Å². The van der Waals surface area contributed by atoms with Gasteiger partial charge in [0.1, 0.15) is 18.2 Å². The van der Waals surface area contributed by atoms with Crippen molar-refractivity contribution in [3.05, 3.63) is 18.3 Å². The first-order valence-corrected chi connectivity index (χ1v) is 7.02. The summed E-state index contributed by atoms with van der Waals surface area (Å²) in [5.74, 6) is 0. The molecule has 2 rings (SSSR count). The van der Waals surface area contributed by atoms with Crippen LogP contribution in [0.15, 0.2) is 12.7 Å². The molecule has 0 amide bonds. The van der Waals surface area contributed by atoms with E-state index in [0.717, 1.165) is 5.69 Å². The Bertz CT molecular complexity index is 593. The van der Waals surface area contributed by atoms with Crippen molar-refractivity contribution < 1.29 is 19.1 Å². The zero-order chi connectivity index (χ0) is 13.2. The van der Waals surface area contributed by atoms with Crippen LogP contribution >= 0.6 is 7.60 Å². The summed E-state index contributed by atoms with van der Waals surface area (Å²) in [5, 5.41) is 0. The Kier molecular flexibility index (Phi) is 3.72. The molecular formula is C9H13N4O4P. The molecule has 0 aliphatic carbocycles. The average Bonchev–Trinajstić information content (AvgIpc) is 2.68. The van der Waals surface area contributed by atoms with Gasteiger partial charge in [0.2, 0.25) is 0 Å². The van der Waals surface area contributed by atoms with Gasteiger partial charge in [-0.3, -0.25) is 4.57 Å². The lowest BCUT2D eigenvalue weighted by molar-refractivity contribution is 0.149. The van der Waals surface area contributed by atoms with Crippen LogP contribution in [0.25, 0.3) is 11.2 Å². The van der Waals surface area contributed by atoms with Crippen LogP contribution in [0.3, 0.4) is 0 Å². The first-order chi connectivity index (χ1) is 8.47. The zero-order valence-corrected chi connectivity index (χ0v) is 10.6. The van der Waals surface area contributed by atoms with E-state index in [0.29, 0.717) is 17.7 Å². The molecule has 2 aromatic rings. The highest BCUT2D eigenvalue weighted by Crippen LogP contribution is 2.33. The molecule has 2 aromatic heterocycles. The van der Waals surface area contributed by atoms with Crippen molar-refractivity contribution in [3.8, 4) is 0 Å². The highest BCUT2D eigenvalue weighted by atomic mass is 31.2. The lowest BCUT2D eigenvalue weighted by atomic mass is 10.4. The van der Waals surface area contributed by atoms with Crippen LogP contribution in [0, 0.1) is 6.92 Å². The lowest BCUT2D eigenvalue weighted by Gasteiger charge is -2.06. The standard InChI is InChI=1S/C9H13N4O4P/c1-7-8-9(11-4-10-7)13(5-12-8)2-3-17-6-18(14,15)16/h4-5H,2-3,6H2,1H3,(H2,14,15,16). The number of hydrogen-bond donors (Lipinski definition) is 2. The number of nitrogens with zero attached hydrogens (tertiary/aromatic N) is 4. The van der Waals surface area contributed by atoms with Gasteiger partial charge in [0.15, 0.2) is 5.65 Å². The Morgan fingerprint density at radius 2 is 2.17 bits per heavy atom. The summed E-state index contributed by atoms with van der Waals surface area (Å²) < 4.78 is 17.2. The van der Waals surface area contributed by atoms with Crippen molar-refractivity contribution in [2.24, 2.45) is 0 Å². The Hall–Kier alpha value is -1.34. The Morgan fingerprint density at radius 1 is 1.39 bits per heavy atom. The summed E-state index contributed by atoms with van der Waals surface area (Å²) in [6.45, 7) is 2.44. The number of aryl methyl sites for hydroxylation is 1. The minimum Gasteiger partial charge on any atom is -0.367 e. The van der Waals surface area contributed by atoms with Crippen LogP contribution in [-0.4, -0.2) is 42.3 Å². The molecule has 0 radical (unpaired) electrons. The van der Waals surface area contributed by atoms with Gasteiger partial charge >= 0.3 is 7.60 Å². The fourth-order valence-electron chi connectivity index (χ4n) is 1.51. The number of rotatable bonds is 5. The number of aromatic nitrogens is 4. The molecule has 0 atom stereocenters. The summed E-state index contributed by atoms with van der Waals surface area (Å²) >= 11 is 0. The van der Waals surface area contributed by atoms with E-state index in [-0.39, 0.29) is 6.61 Å². The normalized spacial score (nSPS) is 12.2. The maximum absolute atomic E-state index is 10.6. The zero-order valence-electron chi connectivity index (χ0n) is 9.72. The van der Waals surface area contributed by atoms with Gasteiger partial charge in [0.05, 0.1) is 18.6 Å². The summed E-state index contributed by atoms with van der Waals surface area (Å²) in [7, 11) is -4.10. The molecule has 2 N–H and O–H groups in total. The SMILES string of the molecule is Cc1ncnc2c1ncn2CCOCP(=O)(O)O. The Morgan fingerprint density at radius 3 is 2.89 bits per heavy atom. The van der Waals surface area contributed by atoms with Crippen molar-refractivity contribution in [1.82, 2.24) is 19.5 Å². The van der Waals surface area contributed by atoms with Gasteiger partial charge in [-0.05, 0) is 6.92 Å². The monoisotopic (exact) mass is 272 g/mol. The average molecular weight is 272 g/mol. The summed E-state index contributed by atoms with van der Waals surface area (Å²) in [6.07, 6.45) is 2.48. The first kappa shape index (κ1) is 13.1. The van der Waals surface area contributed by atoms with Crippen LogP contribution in [-0.2, 0) is 15.8 Å². The molecular weight excluding hydrogens is 259 g/mol. The highest BCUT2D eigenvalue weighted by Gasteiger charge is 2.12. The third-order valence-electron chi connectivity index (χ3n) is 2.32. The summed E-state index contributed by atoms with van der Waals surface area (Å²) in [6, 6.07) is 0. The Balaban J connectivity index is 2.00. The molecule has 0 aliphatic rings. The summed E-state index contributed by atoms with van der Waals surface area (Å²) in [5.41, 5.74) is 2.18. The second kappa shape index (κ2) is 5.11. The van der Waals surface area contributed by atoms with E-state index in [1.807, 2.05) is 6.92 Å². The van der Waals surface area contributed by atoms with E-state index < -0.39 is 13.9 Å². The van der Waals surface area contributed by atoms with E-state index in [1.54, 1.807) is 10.9 Å². The number of fused-ring (bicyclic) bond motifs is 1. The van der Waals surface area contributed by atoms with Gasteiger partial charge in [-0.15, -0.1) is 0 Å². The molecule has 2 heterocycles. The minimum atomic E-state index is -4.10. The predicted octanol–water partition coefficient (Wildman–Crippen LogP) is 0.287. The molecule has 18 heavy (non-hydrogen) atoms. The molecule has 0 aromatic carbocycles. The molecule has 0 bridgehead atoms. The molecule has 9 heteroatoms. The topological polar surface area (TPSA) is 110 Å². The number of imidazole rings is 1. The number of ether oxygens (including phenoxy) is 1. The molecule has 0 unspecified atom stereocenters. The molecule has 98 valence electrons. The van der Waals surface area contributed by atoms with Crippen molar-refractivity contribution in [1.29, 1.82) is 0 Å². The lowest BCUT2D eigenvalue weighted by Crippen LogP contribution is -2.06. The van der Waals surface area contributed by atoms with Crippen LogP contribution in [0.4, 0.5) is 0 Å². The largest absolute Gasteiger partial charge is 0.367 e. The second-order valence-electron chi connectivity index (χ2n) is 3.77. The summed E-state index contributed by atoms with van der Waals surface area (Å²) in [4.78, 5) is 29.6. The van der Waals surface area contributed by atoms with Gasteiger partial charge < -0.3 is 19.1 Å².